The van der Waals surface area contributed by atoms with Crippen molar-refractivity contribution < 1.29 is 73.4 Å². The number of rotatable bonds is 2. The summed E-state index contributed by atoms with van der Waals surface area (Å²) in [5, 5.41) is 0. The fourth-order valence-corrected chi connectivity index (χ4v) is 0. The van der Waals surface area contributed by atoms with Gasteiger partial charge in [0.15, 0.2) is 0 Å². The van der Waals surface area contributed by atoms with E-state index in [1.54, 1.807) is 0 Å². The Hall–Kier alpha value is 3.48. The molecule has 0 aliphatic rings. The minimum atomic E-state index is 0. The van der Waals surface area contributed by atoms with Crippen LogP contribution < -0.4 is 67.9 Å². The zero-order valence-electron chi connectivity index (χ0n) is 9.25. The van der Waals surface area contributed by atoms with Gasteiger partial charge in [-0.3, -0.25) is 0 Å². The van der Waals surface area contributed by atoms with Crippen LogP contribution >= 0.6 is 0 Å². The molecule has 7 heteroatoms. The molecule has 0 atom stereocenters. The van der Waals surface area contributed by atoms with Gasteiger partial charge in [0, 0.05) is 0 Å². The van der Waals surface area contributed by atoms with Crippen LogP contribution in [0.1, 0.15) is 39.5 Å². The zero-order chi connectivity index (χ0) is 6.83. The van der Waals surface area contributed by atoms with E-state index in [1.165, 1.54) is 12.8 Å². The summed E-state index contributed by atoms with van der Waals surface area (Å²) in [5.74, 6) is 0. The van der Waals surface area contributed by atoms with Crippen LogP contribution in [0.2, 0.25) is 0 Å². The molecule has 15 heavy (non-hydrogen) atoms. The van der Waals surface area contributed by atoms with E-state index in [1.807, 2.05) is 0 Å². The molecule has 94 valence electrons. The summed E-state index contributed by atoms with van der Waals surface area (Å²) in [6, 6.07) is 0. The largest absolute Gasteiger partial charge is 2.00 e. The van der Waals surface area contributed by atoms with Crippen molar-refractivity contribution in [2.75, 3.05) is 0 Å². The Morgan fingerprint density at radius 3 is 0.733 bits per heavy atom. The molecule has 2 N–H and O–H groups in total. The molecule has 0 bridgehead atoms. The Balaban J connectivity index is -0.00000000468. The predicted octanol–water partition coefficient (Wildman–Crippen LogP) is -10.3. The van der Waals surface area contributed by atoms with Crippen molar-refractivity contribution in [1.29, 1.82) is 0 Å². The van der Waals surface area contributed by atoms with Crippen LogP contribution in [-0.2, 0) is 0 Å². The van der Waals surface area contributed by atoms with Crippen LogP contribution in [0.4, 0.5) is 0 Å². The van der Waals surface area contributed by atoms with E-state index >= 15 is 0 Å². The third-order valence-electron chi connectivity index (χ3n) is 0.707. The SMILES string of the molecule is O.[Br-].[Br-].[Br-].[Br-].[CH2]CCC.[CH2]CCC.[Sn+2].[Sn+2]. The minimum Gasteiger partial charge on any atom is -1.00 e. The normalized spacial score (nSPS) is 4.00. The molecule has 0 spiro atoms. The molecule has 0 unspecified atom stereocenters. The Bertz CT molecular complexity index is 32.6. The van der Waals surface area contributed by atoms with Gasteiger partial charge in [-0.15, -0.1) is 0 Å². The summed E-state index contributed by atoms with van der Waals surface area (Å²) >= 11 is 0. The zero-order valence-corrected chi connectivity index (χ0v) is 21.3. The molecular formula is C8H20Br4OSn2. The summed E-state index contributed by atoms with van der Waals surface area (Å²) in [6.45, 7) is 11.4. The average Bonchev–Trinajstić information content (AvgIpc) is 1.88. The van der Waals surface area contributed by atoms with Gasteiger partial charge in [-0.05, 0) is 0 Å². The molecule has 0 fully saturated rings. The first-order valence-corrected chi connectivity index (χ1v) is 3.41. The number of hydrogen-bond acceptors (Lipinski definition) is 0. The van der Waals surface area contributed by atoms with E-state index < -0.39 is 0 Å². The van der Waals surface area contributed by atoms with Crippen molar-refractivity contribution in [3.05, 3.63) is 13.8 Å². The molecule has 0 heterocycles. The standard InChI is InChI=1S/2C4H9.4BrH.H2O.2Sn/c2*1-3-4-2;;;;;;;/h2*1,3-4H2,2H3;4*1H;1H2;;/q;;;;;;;2*+2/p-4. The van der Waals surface area contributed by atoms with E-state index in [-0.39, 0.29) is 121 Å². The van der Waals surface area contributed by atoms with E-state index in [9.17, 15) is 0 Å². The third kappa shape index (κ3) is 140. The van der Waals surface area contributed by atoms with E-state index in [0.29, 0.717) is 0 Å². The fraction of sp³-hybridized carbons (Fsp3) is 0.750. The number of halogens is 4. The maximum atomic E-state index is 3.60. The van der Waals surface area contributed by atoms with Crippen LogP contribution in [0.3, 0.4) is 0 Å². The number of hydrogen-bond donors (Lipinski definition) is 0. The Morgan fingerprint density at radius 2 is 0.733 bits per heavy atom. The third-order valence-corrected chi connectivity index (χ3v) is 0.707. The molecule has 0 aromatic rings. The van der Waals surface area contributed by atoms with Gasteiger partial charge in [0.2, 0.25) is 0 Å². The van der Waals surface area contributed by atoms with Crippen molar-refractivity contribution in [3.63, 3.8) is 0 Å². The van der Waals surface area contributed by atoms with Crippen LogP contribution in [-0.4, -0.2) is 53.3 Å². The summed E-state index contributed by atoms with van der Waals surface area (Å²) in [7, 11) is 0. The van der Waals surface area contributed by atoms with Crippen molar-refractivity contribution in [1.82, 2.24) is 0 Å². The maximum absolute atomic E-state index is 3.60. The smallest absolute Gasteiger partial charge is 1.00 e. The summed E-state index contributed by atoms with van der Waals surface area (Å²) in [6.07, 6.45) is 4.56. The van der Waals surface area contributed by atoms with Crippen molar-refractivity contribution >= 4 is 47.8 Å². The second kappa shape index (κ2) is 84.9. The van der Waals surface area contributed by atoms with Crippen LogP contribution in [0.25, 0.3) is 0 Å². The number of unbranched alkanes of at least 4 members (excludes halogenated alkanes) is 2. The maximum Gasteiger partial charge on any atom is 2.00 e. The van der Waals surface area contributed by atoms with E-state index in [0.717, 1.165) is 12.8 Å². The van der Waals surface area contributed by atoms with Gasteiger partial charge in [-0.25, -0.2) is 0 Å². The summed E-state index contributed by atoms with van der Waals surface area (Å²) in [5.41, 5.74) is 0. The summed E-state index contributed by atoms with van der Waals surface area (Å²) < 4.78 is 0. The molecule has 0 saturated carbocycles. The van der Waals surface area contributed by atoms with Crippen molar-refractivity contribution in [3.8, 4) is 0 Å². The quantitative estimate of drug-likeness (QED) is 0.259. The molecule has 1 nitrogen and oxygen atoms in total. The monoisotopic (exact) mass is 688 g/mol. The average molecular weight is 689 g/mol. The Labute approximate surface area is 172 Å². The Kier molecular flexibility index (Phi) is 356. The van der Waals surface area contributed by atoms with Gasteiger partial charge in [-0.1, -0.05) is 53.4 Å². The molecule has 0 aromatic carbocycles. The van der Waals surface area contributed by atoms with Gasteiger partial charge in [0.25, 0.3) is 0 Å². The molecule has 0 aliphatic heterocycles. The molecule has 0 aliphatic carbocycles. The van der Waals surface area contributed by atoms with Crippen LogP contribution in [0.5, 0.6) is 0 Å². The molecule has 0 rings (SSSR count). The second-order valence-electron chi connectivity index (χ2n) is 1.71. The Morgan fingerprint density at radius 1 is 0.667 bits per heavy atom. The van der Waals surface area contributed by atoms with Gasteiger partial charge in [-0.2, -0.15) is 0 Å². The van der Waals surface area contributed by atoms with Crippen LogP contribution in [0, 0.1) is 13.8 Å². The van der Waals surface area contributed by atoms with Crippen molar-refractivity contribution in [2.24, 2.45) is 0 Å². The summed E-state index contributed by atoms with van der Waals surface area (Å²) in [4.78, 5) is 0. The first-order chi connectivity index (χ1) is 3.83. The first kappa shape index (κ1) is 62.8. The minimum absolute atomic E-state index is 0. The molecule has 0 saturated heterocycles. The van der Waals surface area contributed by atoms with Gasteiger partial charge in [0.05, 0.1) is 0 Å². The molecular weight excluding hydrogens is 669 g/mol. The van der Waals surface area contributed by atoms with E-state index in [2.05, 4.69) is 27.7 Å². The molecule has 0 aromatic heterocycles. The topological polar surface area (TPSA) is 31.5 Å². The first-order valence-electron chi connectivity index (χ1n) is 3.41. The van der Waals surface area contributed by atoms with Crippen molar-refractivity contribution in [2.45, 2.75) is 39.5 Å². The van der Waals surface area contributed by atoms with Gasteiger partial charge in [0.1, 0.15) is 0 Å². The van der Waals surface area contributed by atoms with Gasteiger partial charge >= 0.3 is 47.8 Å². The molecule has 0 amide bonds. The second-order valence-corrected chi connectivity index (χ2v) is 1.71. The van der Waals surface area contributed by atoms with Gasteiger partial charge < -0.3 is 73.4 Å². The predicted molar refractivity (Wildman–Crippen MR) is 55.7 cm³/mol. The molecule has 6 radical (unpaired) electrons. The van der Waals surface area contributed by atoms with Crippen LogP contribution in [0.15, 0.2) is 0 Å². The fourth-order valence-electron chi connectivity index (χ4n) is 0. The van der Waals surface area contributed by atoms with E-state index in [4.69, 9.17) is 0 Å².